The molecular formula is C16H17BrO4. The molecule has 21 heavy (non-hydrogen) atoms. The van der Waals surface area contributed by atoms with Gasteiger partial charge in [-0.05, 0) is 33.6 Å². The van der Waals surface area contributed by atoms with Crippen molar-refractivity contribution >= 4 is 15.9 Å². The molecule has 2 rings (SSSR count). The van der Waals surface area contributed by atoms with Gasteiger partial charge in [-0.25, -0.2) is 0 Å². The molecule has 5 heteroatoms. The van der Waals surface area contributed by atoms with E-state index in [0.29, 0.717) is 27.1 Å². The molecule has 0 spiro atoms. The third-order valence-electron chi connectivity index (χ3n) is 3.27. The van der Waals surface area contributed by atoms with Crippen molar-refractivity contribution in [1.82, 2.24) is 0 Å². The first-order valence-electron chi connectivity index (χ1n) is 6.41. The minimum atomic E-state index is -1.11. The van der Waals surface area contributed by atoms with Crippen LogP contribution in [-0.4, -0.2) is 24.4 Å². The van der Waals surface area contributed by atoms with Gasteiger partial charge >= 0.3 is 0 Å². The molecule has 2 unspecified atom stereocenters. The summed E-state index contributed by atoms with van der Waals surface area (Å²) in [6.45, 7) is 0. The average Bonchev–Trinajstić information content (AvgIpc) is 2.54. The zero-order valence-electron chi connectivity index (χ0n) is 11.8. The Morgan fingerprint density at radius 2 is 1.57 bits per heavy atom. The lowest BCUT2D eigenvalue weighted by atomic mass is 9.97. The molecule has 2 atom stereocenters. The predicted molar refractivity (Wildman–Crippen MR) is 83.6 cm³/mol. The number of benzene rings is 2. The molecule has 112 valence electrons. The maximum absolute atomic E-state index is 10.5. The standard InChI is InChI=1S/C16H17BrO4/c1-20-12-9-8-11(16(21-2)13(12)17)15(19)14(18)10-6-4-3-5-7-10/h3-9,14-15,18-19H,1-2H3. The highest BCUT2D eigenvalue weighted by atomic mass is 79.9. The molecule has 0 aromatic heterocycles. The summed E-state index contributed by atoms with van der Waals surface area (Å²) < 4.78 is 11.1. The molecule has 2 aromatic carbocycles. The Labute approximate surface area is 132 Å². The van der Waals surface area contributed by atoms with E-state index in [-0.39, 0.29) is 0 Å². The van der Waals surface area contributed by atoms with E-state index in [1.807, 2.05) is 18.2 Å². The number of ether oxygens (including phenoxy) is 2. The fraction of sp³-hybridized carbons (Fsp3) is 0.250. The van der Waals surface area contributed by atoms with Crippen LogP contribution < -0.4 is 9.47 Å². The molecule has 0 aliphatic heterocycles. The second kappa shape index (κ2) is 6.93. The summed E-state index contributed by atoms with van der Waals surface area (Å²) in [4.78, 5) is 0. The lowest BCUT2D eigenvalue weighted by Crippen LogP contribution is -2.12. The van der Waals surface area contributed by atoms with Gasteiger partial charge in [0.1, 0.15) is 28.2 Å². The number of methoxy groups -OCH3 is 2. The molecular weight excluding hydrogens is 336 g/mol. The van der Waals surface area contributed by atoms with Gasteiger partial charge in [-0.3, -0.25) is 0 Å². The maximum atomic E-state index is 10.5. The first-order chi connectivity index (χ1) is 10.1. The van der Waals surface area contributed by atoms with E-state index in [2.05, 4.69) is 15.9 Å². The van der Waals surface area contributed by atoms with Crippen LogP contribution in [0.1, 0.15) is 23.3 Å². The van der Waals surface area contributed by atoms with Crippen molar-refractivity contribution in [3.8, 4) is 11.5 Å². The summed E-state index contributed by atoms with van der Waals surface area (Å²) in [5.41, 5.74) is 1.13. The van der Waals surface area contributed by atoms with E-state index < -0.39 is 12.2 Å². The fourth-order valence-corrected chi connectivity index (χ4v) is 2.84. The fourth-order valence-electron chi connectivity index (χ4n) is 2.15. The Hall–Kier alpha value is -1.56. The van der Waals surface area contributed by atoms with Crippen molar-refractivity contribution < 1.29 is 19.7 Å². The topological polar surface area (TPSA) is 58.9 Å². The molecule has 2 aromatic rings. The summed E-state index contributed by atoms with van der Waals surface area (Å²) in [7, 11) is 3.05. The average molecular weight is 353 g/mol. The van der Waals surface area contributed by atoms with Crippen LogP contribution in [0.25, 0.3) is 0 Å². The third kappa shape index (κ3) is 3.20. The molecule has 0 heterocycles. The van der Waals surface area contributed by atoms with Crippen LogP contribution in [0, 0.1) is 0 Å². The zero-order valence-corrected chi connectivity index (χ0v) is 13.4. The lowest BCUT2D eigenvalue weighted by molar-refractivity contribution is 0.0158. The number of hydrogen-bond donors (Lipinski definition) is 2. The number of aliphatic hydroxyl groups excluding tert-OH is 2. The minimum absolute atomic E-state index is 0.442. The molecule has 0 amide bonds. The van der Waals surface area contributed by atoms with E-state index in [1.54, 1.807) is 31.4 Å². The van der Waals surface area contributed by atoms with Gasteiger partial charge in [-0.2, -0.15) is 0 Å². The molecule has 0 saturated carbocycles. The van der Waals surface area contributed by atoms with Gasteiger partial charge in [0, 0.05) is 5.56 Å². The first kappa shape index (κ1) is 15.8. The van der Waals surface area contributed by atoms with Gasteiger partial charge < -0.3 is 19.7 Å². The predicted octanol–water partition coefficient (Wildman–Crippen LogP) is 3.23. The molecule has 4 nitrogen and oxygen atoms in total. The van der Waals surface area contributed by atoms with Crippen molar-refractivity contribution in [2.45, 2.75) is 12.2 Å². The summed E-state index contributed by atoms with van der Waals surface area (Å²) in [5, 5.41) is 20.8. The summed E-state index contributed by atoms with van der Waals surface area (Å²) in [6.07, 6.45) is -2.15. The van der Waals surface area contributed by atoms with Crippen LogP contribution in [0.3, 0.4) is 0 Å². The van der Waals surface area contributed by atoms with Crippen molar-refractivity contribution in [2.24, 2.45) is 0 Å². The number of hydrogen-bond acceptors (Lipinski definition) is 4. The van der Waals surface area contributed by atoms with Gasteiger partial charge in [0.05, 0.1) is 14.2 Å². The normalized spacial score (nSPS) is 13.6. The first-order valence-corrected chi connectivity index (χ1v) is 7.21. The molecule has 2 N–H and O–H groups in total. The quantitative estimate of drug-likeness (QED) is 0.867. The highest BCUT2D eigenvalue weighted by Crippen LogP contribution is 2.42. The number of aliphatic hydroxyl groups is 2. The Morgan fingerprint density at radius 1 is 0.905 bits per heavy atom. The minimum Gasteiger partial charge on any atom is -0.495 e. The molecule has 0 aliphatic carbocycles. The van der Waals surface area contributed by atoms with E-state index in [4.69, 9.17) is 9.47 Å². The second-order valence-corrected chi connectivity index (χ2v) is 5.30. The number of rotatable bonds is 5. The summed E-state index contributed by atoms with van der Waals surface area (Å²) >= 11 is 3.38. The van der Waals surface area contributed by atoms with Crippen molar-refractivity contribution in [3.05, 3.63) is 58.1 Å². The maximum Gasteiger partial charge on any atom is 0.142 e. The van der Waals surface area contributed by atoms with Gasteiger partial charge in [0.25, 0.3) is 0 Å². The second-order valence-electron chi connectivity index (χ2n) is 4.50. The van der Waals surface area contributed by atoms with E-state index >= 15 is 0 Å². The molecule has 0 aliphatic rings. The van der Waals surface area contributed by atoms with Gasteiger partial charge in [-0.1, -0.05) is 30.3 Å². The van der Waals surface area contributed by atoms with Crippen LogP contribution >= 0.6 is 15.9 Å². The highest BCUT2D eigenvalue weighted by Gasteiger charge is 2.25. The summed E-state index contributed by atoms with van der Waals surface area (Å²) in [5.74, 6) is 1.04. The third-order valence-corrected chi connectivity index (χ3v) is 4.03. The van der Waals surface area contributed by atoms with Crippen LogP contribution in [0.2, 0.25) is 0 Å². The largest absolute Gasteiger partial charge is 0.495 e. The molecule has 0 saturated heterocycles. The summed E-state index contributed by atoms with van der Waals surface area (Å²) in [6, 6.07) is 12.4. The molecule has 0 bridgehead atoms. The SMILES string of the molecule is COc1ccc(C(O)C(O)c2ccccc2)c(OC)c1Br. The van der Waals surface area contributed by atoms with Crippen molar-refractivity contribution in [1.29, 1.82) is 0 Å². The van der Waals surface area contributed by atoms with Crippen molar-refractivity contribution in [3.63, 3.8) is 0 Å². The Kier molecular flexibility index (Phi) is 5.22. The van der Waals surface area contributed by atoms with Crippen LogP contribution in [0.15, 0.2) is 46.9 Å². The van der Waals surface area contributed by atoms with E-state index in [9.17, 15) is 10.2 Å². The van der Waals surface area contributed by atoms with Gasteiger partial charge in [-0.15, -0.1) is 0 Å². The Morgan fingerprint density at radius 3 is 2.14 bits per heavy atom. The monoisotopic (exact) mass is 352 g/mol. The van der Waals surface area contributed by atoms with Crippen LogP contribution in [0.4, 0.5) is 0 Å². The van der Waals surface area contributed by atoms with E-state index in [1.165, 1.54) is 7.11 Å². The zero-order chi connectivity index (χ0) is 15.4. The highest BCUT2D eigenvalue weighted by molar-refractivity contribution is 9.10. The smallest absolute Gasteiger partial charge is 0.142 e. The van der Waals surface area contributed by atoms with Gasteiger partial charge in [0.15, 0.2) is 0 Å². The van der Waals surface area contributed by atoms with Crippen molar-refractivity contribution in [2.75, 3.05) is 14.2 Å². The Bertz CT molecular complexity index is 601. The van der Waals surface area contributed by atoms with Crippen LogP contribution in [-0.2, 0) is 0 Å². The van der Waals surface area contributed by atoms with Gasteiger partial charge in [0.2, 0.25) is 0 Å². The van der Waals surface area contributed by atoms with Crippen LogP contribution in [0.5, 0.6) is 11.5 Å². The lowest BCUT2D eigenvalue weighted by Gasteiger charge is -2.22. The number of halogens is 1. The molecule has 0 radical (unpaired) electrons. The van der Waals surface area contributed by atoms with E-state index in [0.717, 1.165) is 0 Å². The molecule has 0 fully saturated rings. The Balaban J connectivity index is 2.39.